The Morgan fingerprint density at radius 2 is 2.33 bits per heavy atom. The fourth-order valence-electron chi connectivity index (χ4n) is 1.03. The maximum absolute atomic E-state index is 5.35. The fraction of sp³-hybridized carbons (Fsp3) is 0.667. The molecule has 0 amide bonds. The van der Waals surface area contributed by atoms with E-state index in [1.165, 1.54) is 0 Å². The van der Waals surface area contributed by atoms with Crippen molar-refractivity contribution >= 4 is 15.9 Å². The zero-order valence-corrected chi connectivity index (χ0v) is 6.37. The molecule has 2 bridgehead atoms. The molecule has 0 aromatic carbocycles. The quantitative estimate of drug-likeness (QED) is 0.421. The number of ether oxygens (including phenoxy) is 2. The van der Waals surface area contributed by atoms with Gasteiger partial charge >= 0.3 is 0 Å². The average Bonchev–Trinajstić information content (AvgIpc) is 2.25. The van der Waals surface area contributed by atoms with Gasteiger partial charge in [0.1, 0.15) is 6.10 Å². The second-order valence-corrected chi connectivity index (χ2v) is 3.26. The van der Waals surface area contributed by atoms with Crippen molar-refractivity contribution in [2.24, 2.45) is 0 Å². The van der Waals surface area contributed by atoms with E-state index >= 15 is 0 Å². The third kappa shape index (κ3) is 0.933. The second kappa shape index (κ2) is 2.08. The van der Waals surface area contributed by atoms with Crippen LogP contribution >= 0.6 is 15.9 Å². The van der Waals surface area contributed by atoms with Crippen molar-refractivity contribution in [3.8, 4) is 0 Å². The zero-order chi connectivity index (χ0) is 6.27. The molecule has 2 aliphatic heterocycles. The maximum atomic E-state index is 5.35. The van der Waals surface area contributed by atoms with Gasteiger partial charge in [-0.2, -0.15) is 0 Å². The first-order valence-corrected chi connectivity index (χ1v) is 3.87. The average molecular weight is 191 g/mol. The Morgan fingerprint density at radius 1 is 1.44 bits per heavy atom. The number of alkyl halides is 1. The van der Waals surface area contributed by atoms with Crippen LogP contribution in [0.25, 0.3) is 0 Å². The van der Waals surface area contributed by atoms with Crippen LogP contribution in [-0.4, -0.2) is 23.8 Å². The summed E-state index contributed by atoms with van der Waals surface area (Å²) in [5.41, 5.74) is 0. The SMILES string of the molecule is Br[C@@H]1C=C[C@H]2CO[C@@H]1O2. The van der Waals surface area contributed by atoms with Crippen LogP contribution in [0, 0.1) is 0 Å². The molecule has 0 aliphatic carbocycles. The molecule has 0 spiro atoms. The lowest BCUT2D eigenvalue weighted by Gasteiger charge is -2.16. The number of halogens is 1. The molecule has 0 N–H and O–H groups in total. The monoisotopic (exact) mass is 190 g/mol. The van der Waals surface area contributed by atoms with Gasteiger partial charge in [0.25, 0.3) is 0 Å². The Hall–Kier alpha value is 0.140. The van der Waals surface area contributed by atoms with E-state index < -0.39 is 0 Å². The van der Waals surface area contributed by atoms with Crippen molar-refractivity contribution in [1.29, 1.82) is 0 Å². The van der Waals surface area contributed by atoms with Crippen LogP contribution in [0.4, 0.5) is 0 Å². The smallest absolute Gasteiger partial charge is 0.174 e. The van der Waals surface area contributed by atoms with Crippen molar-refractivity contribution in [3.63, 3.8) is 0 Å². The molecule has 9 heavy (non-hydrogen) atoms. The van der Waals surface area contributed by atoms with Crippen LogP contribution in [0.15, 0.2) is 12.2 Å². The lowest BCUT2D eigenvalue weighted by atomic mass is 10.2. The largest absolute Gasteiger partial charge is 0.348 e. The van der Waals surface area contributed by atoms with Gasteiger partial charge in [-0.1, -0.05) is 28.1 Å². The van der Waals surface area contributed by atoms with Crippen LogP contribution in [0.2, 0.25) is 0 Å². The van der Waals surface area contributed by atoms with Gasteiger partial charge in [-0.25, -0.2) is 0 Å². The van der Waals surface area contributed by atoms with E-state index in [1.807, 2.05) is 6.08 Å². The Morgan fingerprint density at radius 3 is 3.11 bits per heavy atom. The van der Waals surface area contributed by atoms with E-state index in [9.17, 15) is 0 Å². The topological polar surface area (TPSA) is 18.5 Å². The summed E-state index contributed by atoms with van der Waals surface area (Å²) in [6, 6.07) is 0. The van der Waals surface area contributed by atoms with Crippen molar-refractivity contribution in [3.05, 3.63) is 12.2 Å². The van der Waals surface area contributed by atoms with E-state index in [4.69, 9.17) is 9.47 Å². The molecule has 0 aromatic heterocycles. The second-order valence-electron chi connectivity index (χ2n) is 2.21. The first kappa shape index (κ1) is 5.89. The Labute approximate surface area is 62.0 Å². The Balaban J connectivity index is 2.19. The predicted octanol–water partition coefficient (Wildman–Crippen LogP) is 1.06. The minimum absolute atomic E-state index is 0.0417. The highest BCUT2D eigenvalue weighted by molar-refractivity contribution is 9.09. The van der Waals surface area contributed by atoms with Gasteiger partial charge < -0.3 is 9.47 Å². The predicted molar refractivity (Wildman–Crippen MR) is 36.5 cm³/mol. The highest BCUT2D eigenvalue weighted by Gasteiger charge is 2.32. The highest BCUT2D eigenvalue weighted by Crippen LogP contribution is 2.25. The van der Waals surface area contributed by atoms with E-state index in [2.05, 4.69) is 22.0 Å². The van der Waals surface area contributed by atoms with Gasteiger partial charge in [0.2, 0.25) is 0 Å². The Bertz CT molecular complexity index is 146. The van der Waals surface area contributed by atoms with Gasteiger partial charge in [0.05, 0.1) is 11.4 Å². The van der Waals surface area contributed by atoms with Crippen molar-refractivity contribution < 1.29 is 9.47 Å². The molecule has 0 radical (unpaired) electrons. The van der Waals surface area contributed by atoms with Crippen LogP contribution in [0.3, 0.4) is 0 Å². The van der Waals surface area contributed by atoms with Crippen molar-refractivity contribution in [2.45, 2.75) is 17.2 Å². The summed E-state index contributed by atoms with van der Waals surface area (Å²) in [5, 5.41) is 0. The van der Waals surface area contributed by atoms with Crippen molar-refractivity contribution in [1.82, 2.24) is 0 Å². The molecule has 2 nitrogen and oxygen atoms in total. The molecule has 1 fully saturated rings. The number of rotatable bonds is 0. The van der Waals surface area contributed by atoms with Crippen LogP contribution < -0.4 is 0 Å². The third-order valence-corrected chi connectivity index (χ3v) is 2.24. The first-order valence-electron chi connectivity index (χ1n) is 2.96. The maximum Gasteiger partial charge on any atom is 0.174 e. The summed E-state index contributed by atoms with van der Waals surface area (Å²) in [6.07, 6.45) is 4.28. The number of fused-ring (bicyclic) bond motifs is 2. The van der Waals surface area contributed by atoms with Crippen LogP contribution in [-0.2, 0) is 9.47 Å². The van der Waals surface area contributed by atoms with Crippen LogP contribution in [0.5, 0.6) is 0 Å². The normalized spacial score (nSPS) is 47.9. The molecule has 0 aromatic rings. The molecule has 0 unspecified atom stereocenters. The summed E-state index contributed by atoms with van der Waals surface area (Å²) in [7, 11) is 0. The third-order valence-electron chi connectivity index (χ3n) is 1.50. The highest BCUT2D eigenvalue weighted by atomic mass is 79.9. The van der Waals surface area contributed by atoms with Gasteiger partial charge in [-0.3, -0.25) is 0 Å². The Kier molecular flexibility index (Phi) is 1.36. The minimum atomic E-state index is -0.0417. The molecule has 0 saturated carbocycles. The first-order chi connectivity index (χ1) is 4.36. The summed E-state index contributed by atoms with van der Waals surface area (Å²) in [4.78, 5) is 0.247. The van der Waals surface area contributed by atoms with Gasteiger partial charge in [-0.05, 0) is 0 Å². The van der Waals surface area contributed by atoms with Crippen molar-refractivity contribution in [2.75, 3.05) is 6.61 Å². The molecular formula is C6H7BrO2. The number of hydrogen-bond acceptors (Lipinski definition) is 2. The number of hydrogen-bond donors (Lipinski definition) is 0. The van der Waals surface area contributed by atoms with E-state index in [1.54, 1.807) is 0 Å². The molecule has 3 heteroatoms. The molecular weight excluding hydrogens is 184 g/mol. The lowest BCUT2D eigenvalue weighted by Crippen LogP contribution is -2.23. The molecule has 2 rings (SSSR count). The molecule has 3 atom stereocenters. The van der Waals surface area contributed by atoms with E-state index in [0.717, 1.165) is 0 Å². The molecule has 50 valence electrons. The summed E-state index contributed by atoms with van der Waals surface area (Å²) < 4.78 is 10.6. The lowest BCUT2D eigenvalue weighted by molar-refractivity contribution is -0.0466. The van der Waals surface area contributed by atoms with Gasteiger partial charge in [-0.15, -0.1) is 0 Å². The molecule has 2 heterocycles. The molecule has 1 saturated heterocycles. The van der Waals surface area contributed by atoms with Gasteiger partial charge in [0.15, 0.2) is 6.29 Å². The minimum Gasteiger partial charge on any atom is -0.348 e. The van der Waals surface area contributed by atoms with E-state index in [0.29, 0.717) is 6.61 Å². The molecule has 2 aliphatic rings. The summed E-state index contributed by atoms with van der Waals surface area (Å²) >= 11 is 3.40. The zero-order valence-electron chi connectivity index (χ0n) is 4.79. The summed E-state index contributed by atoms with van der Waals surface area (Å²) in [6.45, 7) is 0.712. The van der Waals surface area contributed by atoms with E-state index in [-0.39, 0.29) is 17.2 Å². The van der Waals surface area contributed by atoms with Gasteiger partial charge in [0, 0.05) is 0 Å². The summed E-state index contributed by atoms with van der Waals surface area (Å²) in [5.74, 6) is 0. The van der Waals surface area contributed by atoms with Crippen LogP contribution in [0.1, 0.15) is 0 Å². The fourth-order valence-corrected chi connectivity index (χ4v) is 1.48. The standard InChI is InChI=1S/C6H7BrO2/c7-5-2-1-4-3-8-6(5)9-4/h1-2,4-6H,3H2/t4-,5+,6+/m0/s1.